The summed E-state index contributed by atoms with van der Waals surface area (Å²) >= 11 is 0. The number of nitrogens with zero attached hydrogens (tertiary/aromatic N) is 1. The van der Waals surface area contributed by atoms with Crippen molar-refractivity contribution in [3.63, 3.8) is 0 Å². The molecule has 7 heteroatoms. The molecule has 0 heterocycles. The third kappa shape index (κ3) is 5.53. The molecule has 0 aliphatic rings. The van der Waals surface area contributed by atoms with Crippen LogP contribution in [0.1, 0.15) is 12.5 Å². The van der Waals surface area contributed by atoms with E-state index in [1.54, 1.807) is 31.2 Å². The maximum absolute atomic E-state index is 11.0. The molecule has 0 radical (unpaired) electrons. The highest BCUT2D eigenvalue weighted by Gasteiger charge is 2.03. The monoisotopic (exact) mass is 266 g/mol. The average molecular weight is 266 g/mol. The Morgan fingerprint density at radius 3 is 2.84 bits per heavy atom. The van der Waals surface area contributed by atoms with Gasteiger partial charge in [-0.25, -0.2) is 15.0 Å². The van der Waals surface area contributed by atoms with E-state index in [9.17, 15) is 9.59 Å². The van der Waals surface area contributed by atoms with Gasteiger partial charge in [-0.1, -0.05) is 12.1 Å². The van der Waals surface area contributed by atoms with Gasteiger partial charge in [0.25, 0.3) is 0 Å². The van der Waals surface area contributed by atoms with Crippen LogP contribution in [0.15, 0.2) is 29.4 Å². The molecule has 0 fully saturated rings. The Kier molecular flexibility index (Phi) is 5.87. The molecular formula is C12H14N2O5. The SMILES string of the molecule is CCOC(=O)N/N=C/c1ccccc1OCC(=O)O. The predicted molar refractivity (Wildman–Crippen MR) is 67.3 cm³/mol. The zero-order valence-corrected chi connectivity index (χ0v) is 10.3. The summed E-state index contributed by atoms with van der Waals surface area (Å²) in [6, 6.07) is 6.72. The first-order chi connectivity index (χ1) is 9.13. The molecule has 1 aromatic carbocycles. The van der Waals surface area contributed by atoms with Crippen molar-refractivity contribution in [1.82, 2.24) is 5.43 Å². The normalized spacial score (nSPS) is 10.2. The number of carbonyl (C=O) groups is 2. The molecule has 1 aromatic rings. The van der Waals surface area contributed by atoms with E-state index < -0.39 is 18.7 Å². The lowest BCUT2D eigenvalue weighted by atomic mass is 10.2. The highest BCUT2D eigenvalue weighted by molar-refractivity contribution is 5.84. The lowest BCUT2D eigenvalue weighted by Gasteiger charge is -2.06. The number of nitrogens with one attached hydrogen (secondary N) is 1. The van der Waals surface area contributed by atoms with Gasteiger partial charge >= 0.3 is 12.1 Å². The van der Waals surface area contributed by atoms with Crippen molar-refractivity contribution in [2.45, 2.75) is 6.92 Å². The number of carbonyl (C=O) groups excluding carboxylic acids is 1. The minimum atomic E-state index is -1.07. The minimum absolute atomic E-state index is 0.250. The number of hydrazone groups is 1. The van der Waals surface area contributed by atoms with Crippen LogP contribution in [0.2, 0.25) is 0 Å². The van der Waals surface area contributed by atoms with Crippen molar-refractivity contribution >= 4 is 18.3 Å². The molecule has 0 aromatic heterocycles. The molecule has 0 aliphatic heterocycles. The average Bonchev–Trinajstić information content (AvgIpc) is 2.38. The number of hydrogen-bond donors (Lipinski definition) is 2. The number of amides is 1. The van der Waals surface area contributed by atoms with Crippen LogP contribution < -0.4 is 10.2 Å². The molecule has 0 saturated heterocycles. The Bertz CT molecular complexity index is 473. The molecule has 19 heavy (non-hydrogen) atoms. The van der Waals surface area contributed by atoms with Gasteiger partial charge in [0.2, 0.25) is 0 Å². The van der Waals surface area contributed by atoms with Gasteiger partial charge in [0.15, 0.2) is 6.61 Å². The Morgan fingerprint density at radius 2 is 2.16 bits per heavy atom. The van der Waals surface area contributed by atoms with E-state index in [0.29, 0.717) is 11.3 Å². The lowest BCUT2D eigenvalue weighted by molar-refractivity contribution is -0.139. The minimum Gasteiger partial charge on any atom is -0.481 e. The van der Waals surface area contributed by atoms with Gasteiger partial charge in [-0.2, -0.15) is 5.10 Å². The molecular weight excluding hydrogens is 252 g/mol. The second kappa shape index (κ2) is 7.70. The number of benzene rings is 1. The van der Waals surface area contributed by atoms with Crippen LogP contribution in [-0.2, 0) is 9.53 Å². The van der Waals surface area contributed by atoms with Crippen molar-refractivity contribution in [3.05, 3.63) is 29.8 Å². The fourth-order valence-corrected chi connectivity index (χ4v) is 1.18. The summed E-state index contributed by atoms with van der Waals surface area (Å²) in [6.45, 7) is 1.48. The molecule has 0 atom stereocenters. The van der Waals surface area contributed by atoms with Gasteiger partial charge in [-0.3, -0.25) is 0 Å². The van der Waals surface area contributed by atoms with Crippen LogP contribution in [0.3, 0.4) is 0 Å². The number of carboxylic acid groups (broad SMARTS) is 1. The summed E-state index contributed by atoms with van der Waals surface area (Å²) in [7, 11) is 0. The van der Waals surface area contributed by atoms with Gasteiger partial charge in [-0.15, -0.1) is 0 Å². The lowest BCUT2D eigenvalue weighted by Crippen LogP contribution is -2.18. The zero-order chi connectivity index (χ0) is 14.1. The van der Waals surface area contributed by atoms with Gasteiger partial charge in [0.05, 0.1) is 12.8 Å². The fraction of sp³-hybridized carbons (Fsp3) is 0.250. The van der Waals surface area contributed by atoms with Crippen molar-refractivity contribution in [2.24, 2.45) is 5.10 Å². The van der Waals surface area contributed by atoms with Crippen LogP contribution >= 0.6 is 0 Å². The molecule has 1 amide bonds. The zero-order valence-electron chi connectivity index (χ0n) is 10.3. The molecule has 0 spiro atoms. The second-order valence-electron chi connectivity index (χ2n) is 3.31. The first-order valence-electron chi connectivity index (χ1n) is 5.53. The molecule has 1 rings (SSSR count). The number of para-hydroxylation sites is 1. The molecule has 0 aliphatic carbocycles. The van der Waals surface area contributed by atoms with Crippen molar-refractivity contribution in [1.29, 1.82) is 0 Å². The topological polar surface area (TPSA) is 97.2 Å². The number of hydrogen-bond acceptors (Lipinski definition) is 5. The summed E-state index contributed by atoms with van der Waals surface area (Å²) in [5, 5.41) is 12.2. The number of ether oxygens (including phenoxy) is 2. The highest BCUT2D eigenvalue weighted by atomic mass is 16.5. The Hall–Kier alpha value is -2.57. The van der Waals surface area contributed by atoms with Gasteiger partial charge in [0.1, 0.15) is 5.75 Å². The van der Waals surface area contributed by atoms with Crippen molar-refractivity contribution in [3.8, 4) is 5.75 Å². The van der Waals surface area contributed by atoms with Crippen molar-refractivity contribution < 1.29 is 24.2 Å². The van der Waals surface area contributed by atoms with Crippen LogP contribution in [-0.4, -0.2) is 36.6 Å². The standard InChI is InChI=1S/C12H14N2O5/c1-2-18-12(17)14-13-7-9-5-3-4-6-10(9)19-8-11(15)16/h3-7H,2,8H2,1H3,(H,14,17)(H,15,16)/b13-7+. The summed E-state index contributed by atoms with van der Waals surface area (Å²) in [5.41, 5.74) is 2.70. The number of carboxylic acids is 1. The summed E-state index contributed by atoms with van der Waals surface area (Å²) in [5.74, 6) is -0.712. The Labute approximate surface area is 109 Å². The quantitative estimate of drug-likeness (QED) is 0.596. The molecule has 102 valence electrons. The predicted octanol–water partition coefficient (Wildman–Crippen LogP) is 1.23. The third-order valence-corrected chi connectivity index (χ3v) is 1.91. The van der Waals surface area contributed by atoms with Gasteiger partial charge < -0.3 is 14.6 Å². The fourth-order valence-electron chi connectivity index (χ4n) is 1.18. The van der Waals surface area contributed by atoms with Crippen LogP contribution in [0.4, 0.5) is 4.79 Å². The number of rotatable bonds is 6. The Morgan fingerprint density at radius 1 is 1.42 bits per heavy atom. The van der Waals surface area contributed by atoms with E-state index in [0.717, 1.165) is 0 Å². The summed E-state index contributed by atoms with van der Waals surface area (Å²) < 4.78 is 9.69. The molecule has 0 unspecified atom stereocenters. The second-order valence-corrected chi connectivity index (χ2v) is 3.31. The maximum Gasteiger partial charge on any atom is 0.427 e. The first-order valence-corrected chi connectivity index (χ1v) is 5.53. The maximum atomic E-state index is 11.0. The van der Waals surface area contributed by atoms with E-state index in [2.05, 4.69) is 15.3 Å². The smallest absolute Gasteiger partial charge is 0.427 e. The van der Waals surface area contributed by atoms with E-state index in [-0.39, 0.29) is 6.61 Å². The van der Waals surface area contributed by atoms with E-state index >= 15 is 0 Å². The van der Waals surface area contributed by atoms with Crippen LogP contribution in [0, 0.1) is 0 Å². The van der Waals surface area contributed by atoms with Crippen LogP contribution in [0.25, 0.3) is 0 Å². The Balaban J connectivity index is 2.64. The highest BCUT2D eigenvalue weighted by Crippen LogP contribution is 2.15. The first kappa shape index (κ1) is 14.5. The van der Waals surface area contributed by atoms with E-state index in [1.165, 1.54) is 6.21 Å². The van der Waals surface area contributed by atoms with Crippen molar-refractivity contribution in [2.75, 3.05) is 13.2 Å². The van der Waals surface area contributed by atoms with Gasteiger partial charge in [0, 0.05) is 5.56 Å². The van der Waals surface area contributed by atoms with Gasteiger partial charge in [-0.05, 0) is 19.1 Å². The molecule has 0 saturated carbocycles. The van der Waals surface area contributed by atoms with E-state index in [1.807, 2.05) is 0 Å². The third-order valence-electron chi connectivity index (χ3n) is 1.91. The molecule has 2 N–H and O–H groups in total. The molecule has 0 bridgehead atoms. The van der Waals surface area contributed by atoms with E-state index in [4.69, 9.17) is 9.84 Å². The number of aliphatic carboxylic acids is 1. The largest absolute Gasteiger partial charge is 0.481 e. The summed E-state index contributed by atoms with van der Waals surface area (Å²) in [6.07, 6.45) is 0.677. The summed E-state index contributed by atoms with van der Waals surface area (Å²) in [4.78, 5) is 21.4. The van der Waals surface area contributed by atoms with Crippen LogP contribution in [0.5, 0.6) is 5.75 Å². The molecule has 7 nitrogen and oxygen atoms in total.